The van der Waals surface area contributed by atoms with Crippen LogP contribution >= 0.6 is 0 Å². The van der Waals surface area contributed by atoms with Gasteiger partial charge in [-0.3, -0.25) is 0 Å². The van der Waals surface area contributed by atoms with E-state index in [0.29, 0.717) is 23.0 Å². The Hall–Kier alpha value is -14.4. The number of fused-ring (bicyclic) bond motifs is 14. The summed E-state index contributed by atoms with van der Waals surface area (Å²) in [6.45, 7) is 26.1. The molecule has 20 rings (SSSR count). The third-order valence-electron chi connectivity index (χ3n) is 23.1. The monoisotopic (exact) mass is 1730 g/mol. The van der Waals surface area contributed by atoms with Crippen LogP contribution in [0.3, 0.4) is 0 Å². The number of rotatable bonds is 4. The second-order valence-electron chi connectivity index (χ2n) is 32.3. The Morgan fingerprint density at radius 2 is 0.389 bits per heavy atom. The van der Waals surface area contributed by atoms with E-state index in [1.165, 1.54) is 22.3 Å². The fourth-order valence-corrected chi connectivity index (χ4v) is 18.4. The third kappa shape index (κ3) is 16.6. The fourth-order valence-electron chi connectivity index (χ4n) is 18.4. The summed E-state index contributed by atoms with van der Waals surface area (Å²) in [5.74, 6) is 27.2. The molecule has 12 heterocycles. The van der Waals surface area contributed by atoms with Crippen LogP contribution in [0.15, 0.2) is 194 Å². The zero-order chi connectivity index (χ0) is 85.0. The molecule has 14 aromatic rings. The van der Waals surface area contributed by atoms with Gasteiger partial charge >= 0.3 is 39.0 Å². The Kier molecular flexibility index (Phi) is 23.6. The van der Waals surface area contributed by atoms with Gasteiger partial charge in [-0.05, 0) is 361 Å². The van der Waals surface area contributed by atoms with E-state index in [4.69, 9.17) is 58.8 Å². The van der Waals surface area contributed by atoms with Crippen LogP contribution in [-0.4, -0.2) is 46.4 Å². The standard InChI is InChI=1S/C112H84N8O4.2Zn/c1-65-53-69(5)101(70(6)54-65)109-93-41-33-85(113-93)105-77-25-21-29-81(61-77)121-49-17-13-15-19-51-123-83-31-23-27-79(63-83)107-89-37-45-97(117-89)111(103-73(9)57-67(3)58-74(103)10)98-46-38-90(118-98)108(92-40-48-100(120-92)112(99-47-39-91(107)119-99)104-75(11)59-68(4)60-76(104)12)80-28-24-32-84(64-80)124-52-20-16-14-18-50-122-82-30-22-26-78(62-82)106(86-34-42-94(109)114-86)88-36-44-96(116-88)110(95-43-35-87(105)115-95)102-71(7)55-66(2)56-72(102)8;;/h21-48,53-64H,49-52H2,1-12H3;;/q-4;2*+2. The summed E-state index contributed by atoms with van der Waals surface area (Å²) < 4.78 is 26.0. The number of benzene rings is 8. The van der Waals surface area contributed by atoms with Crippen molar-refractivity contribution in [3.63, 3.8) is 0 Å². The molecule has 14 heteroatoms. The molecule has 8 aromatic carbocycles. The Morgan fingerprint density at radius 3 is 0.579 bits per heavy atom. The summed E-state index contributed by atoms with van der Waals surface area (Å²) in [5.41, 5.74) is 39.9. The van der Waals surface area contributed by atoms with Gasteiger partial charge in [-0.1, -0.05) is 168 Å². The molecule has 0 aliphatic carbocycles. The quantitative estimate of drug-likeness (QED) is 0.122. The first-order valence-corrected chi connectivity index (χ1v) is 41.7. The molecular formula is C112H84N8O4Zn2. The molecule has 0 saturated carbocycles. The molecule has 0 fully saturated rings. The van der Waals surface area contributed by atoms with Gasteiger partial charge in [0.15, 0.2) is 0 Å². The zero-order valence-electron chi connectivity index (χ0n) is 72.5. The van der Waals surface area contributed by atoms with Crippen molar-refractivity contribution in [1.82, 2.24) is 39.9 Å². The average molecular weight is 1740 g/mol. The van der Waals surface area contributed by atoms with E-state index in [-0.39, 0.29) is 65.4 Å². The van der Waals surface area contributed by atoms with Gasteiger partial charge in [-0.2, -0.15) is 0 Å². The van der Waals surface area contributed by atoms with Crippen molar-refractivity contribution in [2.75, 3.05) is 26.4 Å². The van der Waals surface area contributed by atoms with Crippen molar-refractivity contribution >= 4 is 92.7 Å². The maximum absolute atomic E-state index is 6.49. The molecular weight excluding hydrogens is 1650 g/mol. The zero-order valence-corrected chi connectivity index (χ0v) is 78.5. The summed E-state index contributed by atoms with van der Waals surface area (Å²) in [7, 11) is 0. The van der Waals surface area contributed by atoms with Crippen LogP contribution in [-0.2, 0) is 39.0 Å². The summed E-state index contributed by atoms with van der Waals surface area (Å²) in [6.07, 6.45) is 16.8. The van der Waals surface area contributed by atoms with Gasteiger partial charge in [0.25, 0.3) is 0 Å². The molecule has 0 radical (unpaired) electrons. The Morgan fingerprint density at radius 1 is 0.214 bits per heavy atom. The van der Waals surface area contributed by atoms with Crippen molar-refractivity contribution in [1.29, 1.82) is 0 Å². The minimum Gasteiger partial charge on any atom is -0.657 e. The van der Waals surface area contributed by atoms with E-state index in [1.54, 1.807) is 0 Å². The molecule has 6 aliphatic heterocycles. The average Bonchev–Trinajstić information content (AvgIpc) is 1.59. The van der Waals surface area contributed by atoms with Crippen molar-refractivity contribution < 1.29 is 57.9 Å². The molecule has 126 heavy (non-hydrogen) atoms. The van der Waals surface area contributed by atoms with Crippen LogP contribution < -0.4 is 38.9 Å². The number of hydrogen-bond acceptors (Lipinski definition) is 8. The first-order valence-electron chi connectivity index (χ1n) is 41.7. The minimum absolute atomic E-state index is 0. The molecule has 0 N–H and O–H groups in total. The number of aromatic nitrogens is 8. The molecule has 28 bridgehead atoms. The summed E-state index contributed by atoms with van der Waals surface area (Å²) >= 11 is 0. The van der Waals surface area contributed by atoms with E-state index in [0.717, 1.165) is 223 Å². The Labute approximate surface area is 760 Å². The predicted molar refractivity (Wildman–Crippen MR) is 507 cm³/mol. The predicted octanol–water partition coefficient (Wildman–Crippen LogP) is 24.4. The van der Waals surface area contributed by atoms with Gasteiger partial charge < -0.3 is 38.9 Å². The molecule has 0 saturated heterocycles. The van der Waals surface area contributed by atoms with E-state index < -0.39 is 0 Å². The van der Waals surface area contributed by atoms with Crippen LogP contribution in [0, 0.1) is 130 Å². The van der Waals surface area contributed by atoms with Crippen molar-refractivity contribution in [3.05, 3.63) is 306 Å². The van der Waals surface area contributed by atoms with Crippen LogP contribution in [0.4, 0.5) is 0 Å². The summed E-state index contributed by atoms with van der Waals surface area (Å²) in [4.78, 5) is 45.2. The van der Waals surface area contributed by atoms with E-state index in [9.17, 15) is 0 Å². The van der Waals surface area contributed by atoms with E-state index >= 15 is 0 Å². The second kappa shape index (κ2) is 35.5. The van der Waals surface area contributed by atoms with Gasteiger partial charge in [0.1, 0.15) is 49.4 Å². The molecule has 0 unspecified atom stereocenters. The second-order valence-corrected chi connectivity index (χ2v) is 32.3. The van der Waals surface area contributed by atoms with Gasteiger partial charge in [0, 0.05) is 0 Å². The first kappa shape index (κ1) is 83.9. The SMILES string of the molecule is Cc1cc(C)c(-c2c3nc(c4c5ccc([n-]5)c(-c5c(C)cc(C)cc5C)c5nc(c(c6ccc2[n-]6)-c2cccc(c2)OCC#CC#CCOc2cccc(c2)-c2c6nc(c(-c7c(C)cc(C)cc7C)c7ccc([n-]7)c(c7nc(c(-c8c(C)cc(C)cc8C)c8ccc2[n-]8)C=C7)-c2cccc(c2)OCC#CC#CCOc2cccc-4c2)C=C6)C=C5)C=C3)c(C)c1.[Zn+2].[Zn+2]. The number of nitrogens with zero attached hydrogens (tertiary/aromatic N) is 8. The summed E-state index contributed by atoms with van der Waals surface area (Å²) in [5, 5.41) is 0. The number of aryl methyl sites for hydroxylation is 12. The van der Waals surface area contributed by atoms with Crippen LogP contribution in [0.25, 0.3) is 182 Å². The molecule has 0 spiro atoms. The van der Waals surface area contributed by atoms with E-state index in [1.807, 2.05) is 72.8 Å². The summed E-state index contributed by atoms with van der Waals surface area (Å²) in [6, 6.07) is 66.8. The smallest absolute Gasteiger partial charge is 0.657 e. The molecule has 0 atom stereocenters. The Bertz CT molecular complexity index is 6700. The topological polar surface area (TPSA) is 145 Å². The minimum atomic E-state index is 0. The first-order chi connectivity index (χ1) is 60.4. The molecule has 12 nitrogen and oxygen atoms in total. The molecule has 6 aliphatic rings. The van der Waals surface area contributed by atoms with Crippen molar-refractivity contribution in [2.45, 2.75) is 83.1 Å². The third-order valence-corrected chi connectivity index (χ3v) is 23.1. The van der Waals surface area contributed by atoms with Gasteiger partial charge in [0.05, 0.1) is 45.6 Å². The largest absolute Gasteiger partial charge is 2.00 e. The fraction of sp³-hybridized carbons (Fsp3) is 0.143. The van der Waals surface area contributed by atoms with Crippen LogP contribution in [0.5, 0.6) is 23.0 Å². The van der Waals surface area contributed by atoms with Crippen LogP contribution in [0.1, 0.15) is 112 Å². The van der Waals surface area contributed by atoms with Gasteiger partial charge in [-0.25, -0.2) is 19.9 Å². The van der Waals surface area contributed by atoms with Gasteiger partial charge in [-0.15, -0.1) is 44.1 Å². The molecule has 6 aromatic heterocycles. The van der Waals surface area contributed by atoms with E-state index in [2.05, 4.69) is 300 Å². The van der Waals surface area contributed by atoms with Crippen LogP contribution in [0.2, 0.25) is 0 Å². The van der Waals surface area contributed by atoms with Crippen molar-refractivity contribution in [3.8, 4) is 159 Å². The van der Waals surface area contributed by atoms with Crippen molar-refractivity contribution in [2.24, 2.45) is 0 Å². The maximum atomic E-state index is 6.49. The number of hydrogen-bond donors (Lipinski definition) is 0. The normalized spacial score (nSPS) is 12.5. The molecule has 0 amide bonds. The number of ether oxygens (including phenoxy) is 4. The maximum Gasteiger partial charge on any atom is 2.00 e. The Balaban J connectivity index is 0.00000560. The molecule has 600 valence electrons. The van der Waals surface area contributed by atoms with Gasteiger partial charge in [0.2, 0.25) is 0 Å².